The fourth-order valence-electron chi connectivity index (χ4n) is 3.24. The molecule has 0 saturated carbocycles. The van der Waals surface area contributed by atoms with Crippen molar-refractivity contribution in [3.05, 3.63) is 69.5 Å². The number of carbonyl (C=O) groups is 1. The molecule has 4 rings (SSSR count). The highest BCUT2D eigenvalue weighted by Gasteiger charge is 2.23. The van der Waals surface area contributed by atoms with Crippen LogP contribution in [0.15, 0.2) is 53.3 Å². The summed E-state index contributed by atoms with van der Waals surface area (Å²) in [5.41, 5.74) is 1.27. The first-order valence-corrected chi connectivity index (χ1v) is 9.97. The molecular weight excluding hydrogens is 418 g/mol. The molecule has 1 aromatic heterocycles. The van der Waals surface area contributed by atoms with Crippen LogP contribution in [0.2, 0.25) is 5.02 Å². The van der Waals surface area contributed by atoms with Crippen LogP contribution in [0.4, 0.5) is 17.3 Å². The molecule has 1 unspecified atom stereocenters. The maximum atomic E-state index is 12.5. The normalized spacial score (nSPS) is 15.3. The van der Waals surface area contributed by atoms with E-state index in [1.807, 2.05) is 6.07 Å². The highest BCUT2D eigenvalue weighted by molar-refractivity contribution is 6.30. The van der Waals surface area contributed by atoms with Gasteiger partial charge in [0, 0.05) is 28.6 Å². The van der Waals surface area contributed by atoms with Crippen LogP contribution >= 0.6 is 11.6 Å². The number of anilines is 3. The van der Waals surface area contributed by atoms with Crippen LogP contribution in [-0.2, 0) is 9.53 Å². The summed E-state index contributed by atoms with van der Waals surface area (Å²) < 4.78 is 5.26. The minimum Gasteiger partial charge on any atom is -0.381 e. The van der Waals surface area contributed by atoms with Crippen molar-refractivity contribution >= 4 is 34.8 Å². The quantitative estimate of drug-likeness (QED) is 0.562. The van der Waals surface area contributed by atoms with Crippen molar-refractivity contribution in [2.45, 2.75) is 6.42 Å². The van der Waals surface area contributed by atoms with Gasteiger partial charge in [-0.05, 0) is 42.8 Å². The Bertz CT molecular complexity index is 1210. The van der Waals surface area contributed by atoms with Gasteiger partial charge in [-0.1, -0.05) is 23.7 Å². The molecule has 1 atom stereocenters. The lowest BCUT2D eigenvalue weighted by atomic mass is 10.1. The molecule has 0 bridgehead atoms. The summed E-state index contributed by atoms with van der Waals surface area (Å²) in [6.45, 7) is 0.975. The van der Waals surface area contributed by atoms with Gasteiger partial charge >= 0.3 is 0 Å². The van der Waals surface area contributed by atoms with Crippen LogP contribution in [0.5, 0.6) is 0 Å². The van der Waals surface area contributed by atoms with Gasteiger partial charge in [0.1, 0.15) is 11.6 Å². The van der Waals surface area contributed by atoms with Gasteiger partial charge in [-0.25, -0.2) is 4.98 Å². The van der Waals surface area contributed by atoms with E-state index in [0.29, 0.717) is 41.6 Å². The largest absolute Gasteiger partial charge is 0.381 e. The Hall–Kier alpha value is -3.67. The van der Waals surface area contributed by atoms with Crippen LogP contribution in [-0.4, -0.2) is 29.1 Å². The predicted molar refractivity (Wildman–Crippen MR) is 117 cm³/mol. The van der Waals surface area contributed by atoms with Crippen molar-refractivity contribution in [1.82, 2.24) is 9.97 Å². The SMILES string of the molecule is N#Cc1c(-c2cccc(NC(=O)C3CCOC3)c2)nc(Nc2ccc(Cl)cc2)[nH]c1=O. The Labute approximate surface area is 182 Å². The first kappa shape index (κ1) is 20.6. The topological polar surface area (TPSA) is 120 Å². The smallest absolute Gasteiger partial charge is 0.270 e. The van der Waals surface area contributed by atoms with Crippen LogP contribution in [0, 0.1) is 17.2 Å². The monoisotopic (exact) mass is 435 g/mol. The number of hydrogen-bond donors (Lipinski definition) is 3. The summed E-state index contributed by atoms with van der Waals surface area (Å²) in [5.74, 6) is -0.135. The van der Waals surface area contributed by atoms with E-state index in [0.717, 1.165) is 0 Å². The predicted octanol–water partition coefficient (Wildman–Crippen LogP) is 3.68. The molecule has 2 aromatic carbocycles. The maximum Gasteiger partial charge on any atom is 0.270 e. The van der Waals surface area contributed by atoms with Crippen LogP contribution in [0.25, 0.3) is 11.3 Å². The van der Waals surface area contributed by atoms with Gasteiger partial charge in [0.05, 0.1) is 18.2 Å². The van der Waals surface area contributed by atoms with Crippen molar-refractivity contribution in [2.24, 2.45) is 5.92 Å². The molecule has 0 aliphatic carbocycles. The molecule has 1 aliphatic heterocycles. The molecule has 1 saturated heterocycles. The Morgan fingerprint density at radius 2 is 2.03 bits per heavy atom. The summed E-state index contributed by atoms with van der Waals surface area (Å²) in [4.78, 5) is 31.9. The average molecular weight is 436 g/mol. The van der Waals surface area contributed by atoms with Gasteiger partial charge in [0.2, 0.25) is 11.9 Å². The second-order valence-electron chi connectivity index (χ2n) is 7.01. The number of halogens is 1. The van der Waals surface area contributed by atoms with Crippen molar-refractivity contribution in [2.75, 3.05) is 23.8 Å². The van der Waals surface area contributed by atoms with Gasteiger partial charge in [0.25, 0.3) is 5.56 Å². The standard InChI is InChI=1S/C22H18ClN5O3/c23-15-4-6-16(7-5-15)26-22-27-19(18(11-24)21(30)28-22)13-2-1-3-17(10-13)25-20(29)14-8-9-31-12-14/h1-7,10,14H,8-9,12H2,(H,25,29)(H2,26,27,28,30). The molecule has 8 nitrogen and oxygen atoms in total. The lowest BCUT2D eigenvalue weighted by Crippen LogP contribution is -2.22. The van der Waals surface area contributed by atoms with E-state index in [2.05, 4.69) is 20.6 Å². The third-order valence-corrected chi connectivity index (χ3v) is 5.09. The zero-order valence-corrected chi connectivity index (χ0v) is 17.1. The number of H-pyrrole nitrogens is 1. The van der Waals surface area contributed by atoms with Crippen LogP contribution < -0.4 is 16.2 Å². The van der Waals surface area contributed by atoms with E-state index < -0.39 is 5.56 Å². The number of aromatic amines is 1. The third-order valence-electron chi connectivity index (χ3n) is 4.84. The van der Waals surface area contributed by atoms with Gasteiger partial charge in [-0.15, -0.1) is 0 Å². The second kappa shape index (κ2) is 9.00. The molecule has 3 aromatic rings. The molecule has 1 fully saturated rings. The molecule has 0 spiro atoms. The number of hydrogen-bond acceptors (Lipinski definition) is 6. The Kier molecular flexibility index (Phi) is 5.98. The Balaban J connectivity index is 1.65. The van der Waals surface area contributed by atoms with Gasteiger partial charge in [-0.3, -0.25) is 14.6 Å². The van der Waals surface area contributed by atoms with E-state index in [1.54, 1.807) is 48.5 Å². The molecule has 1 aliphatic rings. The fraction of sp³-hybridized carbons (Fsp3) is 0.182. The minimum absolute atomic E-state index is 0.116. The number of nitriles is 1. The second-order valence-corrected chi connectivity index (χ2v) is 7.45. The van der Waals surface area contributed by atoms with Crippen LogP contribution in [0.3, 0.4) is 0 Å². The highest BCUT2D eigenvalue weighted by Crippen LogP contribution is 2.25. The summed E-state index contributed by atoms with van der Waals surface area (Å²) in [5, 5.41) is 15.9. The van der Waals surface area contributed by atoms with Gasteiger partial charge in [-0.2, -0.15) is 5.26 Å². The fourth-order valence-corrected chi connectivity index (χ4v) is 3.37. The maximum absolute atomic E-state index is 12.5. The number of nitrogens with zero attached hydrogens (tertiary/aromatic N) is 2. The number of nitrogens with one attached hydrogen (secondary N) is 3. The lowest BCUT2D eigenvalue weighted by Gasteiger charge is -2.12. The van der Waals surface area contributed by atoms with E-state index in [1.165, 1.54) is 0 Å². The van der Waals surface area contributed by atoms with Crippen molar-refractivity contribution in [1.29, 1.82) is 5.26 Å². The van der Waals surface area contributed by atoms with E-state index in [-0.39, 0.29) is 29.0 Å². The zero-order valence-electron chi connectivity index (χ0n) is 16.3. The number of carbonyl (C=O) groups excluding carboxylic acids is 1. The lowest BCUT2D eigenvalue weighted by molar-refractivity contribution is -0.119. The minimum atomic E-state index is -0.568. The first-order valence-electron chi connectivity index (χ1n) is 9.59. The highest BCUT2D eigenvalue weighted by atomic mass is 35.5. The number of ether oxygens (including phenoxy) is 1. The summed E-state index contributed by atoms with van der Waals surface area (Å²) in [7, 11) is 0. The third kappa shape index (κ3) is 4.74. The Morgan fingerprint density at radius 3 is 2.74 bits per heavy atom. The van der Waals surface area contributed by atoms with E-state index >= 15 is 0 Å². The zero-order chi connectivity index (χ0) is 21.8. The van der Waals surface area contributed by atoms with Crippen molar-refractivity contribution in [3.8, 4) is 17.3 Å². The van der Waals surface area contributed by atoms with Crippen LogP contribution in [0.1, 0.15) is 12.0 Å². The Morgan fingerprint density at radius 1 is 1.23 bits per heavy atom. The molecule has 9 heteroatoms. The average Bonchev–Trinajstić information content (AvgIpc) is 3.30. The van der Waals surface area contributed by atoms with Gasteiger partial charge < -0.3 is 15.4 Å². The van der Waals surface area contributed by atoms with Crippen molar-refractivity contribution < 1.29 is 9.53 Å². The summed E-state index contributed by atoms with van der Waals surface area (Å²) in [6, 6.07) is 15.7. The number of aromatic nitrogens is 2. The van der Waals surface area contributed by atoms with Crippen molar-refractivity contribution in [3.63, 3.8) is 0 Å². The summed E-state index contributed by atoms with van der Waals surface area (Å²) in [6.07, 6.45) is 0.680. The molecule has 1 amide bonds. The number of benzene rings is 2. The number of amides is 1. The molecule has 3 N–H and O–H groups in total. The van der Waals surface area contributed by atoms with E-state index in [4.69, 9.17) is 16.3 Å². The van der Waals surface area contributed by atoms with E-state index in [9.17, 15) is 14.9 Å². The first-order chi connectivity index (χ1) is 15.0. The molecule has 31 heavy (non-hydrogen) atoms. The molecular formula is C22H18ClN5O3. The van der Waals surface area contributed by atoms with Gasteiger partial charge in [0.15, 0.2) is 0 Å². The summed E-state index contributed by atoms with van der Waals surface area (Å²) >= 11 is 5.90. The molecule has 0 radical (unpaired) electrons. The molecule has 156 valence electrons. The number of rotatable bonds is 5. The molecule has 2 heterocycles.